The Balaban J connectivity index is 1.96. The van der Waals surface area contributed by atoms with E-state index in [9.17, 15) is 61.5 Å². The molecular formula is C16H8F11N3O3S2. The van der Waals surface area contributed by atoms with Crippen LogP contribution in [0.1, 0.15) is 0 Å². The average Bonchev–Trinajstić information content (AvgIpc) is 3.24. The highest BCUT2D eigenvalue weighted by Crippen LogP contribution is 2.69. The van der Waals surface area contributed by atoms with Crippen LogP contribution in [0.5, 0.6) is 0 Å². The molecule has 0 unspecified atom stereocenters. The molecule has 0 aliphatic heterocycles. The Morgan fingerprint density at radius 1 is 0.771 bits per heavy atom. The van der Waals surface area contributed by atoms with Gasteiger partial charge in [0.15, 0.2) is 5.13 Å². The Kier molecular flexibility index (Phi) is 5.88. The van der Waals surface area contributed by atoms with Crippen molar-refractivity contribution in [2.75, 3.05) is 10.0 Å². The van der Waals surface area contributed by atoms with Crippen LogP contribution >= 0.6 is 11.3 Å². The van der Waals surface area contributed by atoms with Crippen molar-refractivity contribution in [1.29, 1.82) is 0 Å². The van der Waals surface area contributed by atoms with Crippen molar-refractivity contribution in [3.05, 3.63) is 35.8 Å². The molecule has 0 spiro atoms. The largest absolute Gasteiger partial charge is 0.384 e. The number of nitrogens with zero attached hydrogens (tertiary/aromatic N) is 1. The summed E-state index contributed by atoms with van der Waals surface area (Å²) in [6.45, 7) is 0. The summed E-state index contributed by atoms with van der Waals surface area (Å²) in [6.07, 6.45) is 1.23. The van der Waals surface area contributed by atoms with Crippen molar-refractivity contribution in [1.82, 2.24) is 4.98 Å². The number of rotatable bonds is 5. The minimum Gasteiger partial charge on any atom is -0.323 e. The second kappa shape index (κ2) is 7.65. The second-order valence-electron chi connectivity index (χ2n) is 6.95. The lowest BCUT2D eigenvalue weighted by molar-refractivity contribution is -0.475. The van der Waals surface area contributed by atoms with E-state index in [4.69, 9.17) is 0 Å². The summed E-state index contributed by atoms with van der Waals surface area (Å²) in [5.41, 5.74) is -7.89. The summed E-state index contributed by atoms with van der Waals surface area (Å²) in [7, 11) is -4.35. The topological polar surface area (TPSA) is 88.2 Å². The van der Waals surface area contributed by atoms with Crippen LogP contribution in [-0.2, 0) is 14.8 Å². The molecule has 194 valence electrons. The summed E-state index contributed by atoms with van der Waals surface area (Å²) in [6, 6.07) is 2.10. The summed E-state index contributed by atoms with van der Waals surface area (Å²) in [5, 5.41) is 2.16. The number of thiazole rings is 1. The molecule has 19 heteroatoms. The summed E-state index contributed by atoms with van der Waals surface area (Å²) in [5.74, 6) is -40.5. The molecule has 1 saturated carbocycles. The molecule has 0 saturated heterocycles. The summed E-state index contributed by atoms with van der Waals surface area (Å²) in [4.78, 5) is 14.9. The van der Waals surface area contributed by atoms with Crippen LogP contribution in [0.2, 0.25) is 0 Å². The van der Waals surface area contributed by atoms with Gasteiger partial charge in [0, 0.05) is 17.3 Å². The van der Waals surface area contributed by atoms with Crippen molar-refractivity contribution in [3.63, 3.8) is 0 Å². The van der Waals surface area contributed by atoms with Gasteiger partial charge in [0.25, 0.3) is 15.9 Å². The zero-order chi connectivity index (χ0) is 26.9. The van der Waals surface area contributed by atoms with Crippen molar-refractivity contribution >= 4 is 38.1 Å². The molecule has 3 rings (SSSR count). The van der Waals surface area contributed by atoms with Gasteiger partial charge in [-0.15, -0.1) is 11.3 Å². The number of carbonyl (C=O) groups is 1. The van der Waals surface area contributed by atoms with Crippen LogP contribution in [0.25, 0.3) is 0 Å². The number of hydrogen-bond acceptors (Lipinski definition) is 5. The van der Waals surface area contributed by atoms with E-state index < -0.39 is 61.8 Å². The molecule has 35 heavy (non-hydrogen) atoms. The number of halogens is 11. The molecule has 2 aromatic rings. The highest BCUT2D eigenvalue weighted by molar-refractivity contribution is 7.93. The number of benzene rings is 1. The predicted octanol–water partition coefficient (Wildman–Crippen LogP) is 4.78. The molecule has 1 aromatic carbocycles. The van der Waals surface area contributed by atoms with Crippen LogP contribution in [0.15, 0.2) is 40.7 Å². The zero-order valence-electron chi connectivity index (χ0n) is 16.1. The maximum atomic E-state index is 14.7. The van der Waals surface area contributed by atoms with Crippen LogP contribution < -0.4 is 10.0 Å². The molecule has 1 fully saturated rings. The molecule has 0 atom stereocenters. The van der Waals surface area contributed by atoms with Crippen molar-refractivity contribution in [2.45, 2.75) is 40.2 Å². The molecule has 0 bridgehead atoms. The number of anilines is 2. The first-order valence-corrected chi connectivity index (χ1v) is 11.0. The molecule has 1 heterocycles. The van der Waals surface area contributed by atoms with Crippen LogP contribution in [0.3, 0.4) is 0 Å². The van der Waals surface area contributed by atoms with Gasteiger partial charge in [0.05, 0.1) is 4.90 Å². The standard InChI is InChI=1S/C16H8F11N3O3S2/c17-11(12(18,19)14(22,23)16(26,27)15(24,25)13(11,20)21)9(31)29-7-1-3-8(4-2-7)35(32,33)30-10-28-5-6-34-10/h1-6H,(H,28,30)(H,29,31). The van der Waals surface area contributed by atoms with Crippen LogP contribution in [-0.4, -0.2) is 54.6 Å². The fourth-order valence-electron chi connectivity index (χ4n) is 2.89. The first-order valence-electron chi connectivity index (χ1n) is 8.60. The van der Waals surface area contributed by atoms with Crippen molar-refractivity contribution in [3.8, 4) is 0 Å². The molecule has 6 nitrogen and oxygen atoms in total. The third-order valence-corrected chi connectivity index (χ3v) is 7.00. The Morgan fingerprint density at radius 3 is 1.66 bits per heavy atom. The maximum Gasteiger partial charge on any atom is 0.384 e. The normalized spacial score (nSPS) is 23.3. The third kappa shape index (κ3) is 3.37. The zero-order valence-corrected chi connectivity index (χ0v) is 17.7. The van der Waals surface area contributed by atoms with E-state index in [1.54, 1.807) is 0 Å². The minimum absolute atomic E-state index is 0.109. The predicted molar refractivity (Wildman–Crippen MR) is 96.6 cm³/mol. The Hall–Kier alpha value is -2.70. The van der Waals surface area contributed by atoms with Crippen molar-refractivity contribution in [2.24, 2.45) is 0 Å². The first-order chi connectivity index (χ1) is 15.7. The minimum atomic E-state index is -7.46. The monoisotopic (exact) mass is 563 g/mol. The highest BCUT2D eigenvalue weighted by atomic mass is 32.2. The number of alkyl halides is 11. The van der Waals surface area contributed by atoms with Crippen LogP contribution in [0, 0.1) is 0 Å². The fraction of sp³-hybridized carbons (Fsp3) is 0.375. The van der Waals surface area contributed by atoms with E-state index in [0.717, 1.165) is 16.7 Å². The number of carbonyl (C=O) groups excluding carboxylic acids is 1. The Labute approximate surface area is 191 Å². The molecule has 0 radical (unpaired) electrons. The quantitative estimate of drug-likeness (QED) is 0.513. The van der Waals surface area contributed by atoms with Gasteiger partial charge in [-0.25, -0.2) is 17.8 Å². The summed E-state index contributed by atoms with van der Waals surface area (Å²) < 4.78 is 177. The lowest BCUT2D eigenvalue weighted by Gasteiger charge is -2.51. The van der Waals surface area contributed by atoms with Crippen molar-refractivity contribution < 1.29 is 61.5 Å². The Morgan fingerprint density at radius 2 is 1.23 bits per heavy atom. The molecule has 2 N–H and O–H groups in total. The van der Waals surface area contributed by atoms with Gasteiger partial charge in [-0.1, -0.05) is 0 Å². The van der Waals surface area contributed by atoms with E-state index in [2.05, 4.69) is 4.98 Å². The molecule has 1 aromatic heterocycles. The molecular weight excluding hydrogens is 555 g/mol. The number of hydrogen-bond donors (Lipinski definition) is 2. The van der Waals surface area contributed by atoms with Gasteiger partial charge in [0.2, 0.25) is 0 Å². The second-order valence-corrected chi connectivity index (χ2v) is 9.53. The first kappa shape index (κ1) is 26.9. The van der Waals surface area contributed by atoms with Gasteiger partial charge in [-0.3, -0.25) is 9.52 Å². The highest BCUT2D eigenvalue weighted by Gasteiger charge is 3.02. The lowest BCUT2D eigenvalue weighted by Crippen LogP contribution is -2.86. The van der Waals surface area contributed by atoms with Gasteiger partial charge in [0.1, 0.15) is 0 Å². The summed E-state index contributed by atoms with van der Waals surface area (Å²) >= 11 is 0.852. The fourth-order valence-corrected chi connectivity index (χ4v) is 4.68. The van der Waals surface area contributed by atoms with Gasteiger partial charge < -0.3 is 5.32 Å². The molecule has 1 amide bonds. The van der Waals surface area contributed by atoms with Gasteiger partial charge >= 0.3 is 35.3 Å². The lowest BCUT2D eigenvalue weighted by atomic mass is 9.71. The molecule has 1 aliphatic rings. The van der Waals surface area contributed by atoms with E-state index >= 15 is 0 Å². The van der Waals surface area contributed by atoms with E-state index in [-0.39, 0.29) is 5.13 Å². The van der Waals surface area contributed by atoms with Crippen LogP contribution in [0.4, 0.5) is 59.1 Å². The SMILES string of the molecule is O=C(Nc1ccc(S(=O)(=O)Nc2nccs2)cc1)C1(F)C(F)(F)C(F)(F)C(F)(F)C(F)(F)C1(F)F. The maximum absolute atomic E-state index is 14.7. The third-order valence-electron chi connectivity index (χ3n) is 4.83. The van der Waals surface area contributed by atoms with E-state index in [1.807, 2.05) is 4.72 Å². The number of amides is 1. The Bertz CT molecular complexity index is 1200. The smallest absolute Gasteiger partial charge is 0.323 e. The van der Waals surface area contributed by atoms with E-state index in [1.165, 1.54) is 11.6 Å². The average molecular weight is 563 g/mol. The van der Waals surface area contributed by atoms with Gasteiger partial charge in [-0.05, 0) is 24.3 Å². The number of sulfonamides is 1. The number of aromatic nitrogens is 1. The molecule has 1 aliphatic carbocycles. The number of nitrogens with one attached hydrogen (secondary N) is 2. The van der Waals surface area contributed by atoms with Gasteiger partial charge in [-0.2, -0.15) is 43.9 Å². The van der Waals surface area contributed by atoms with E-state index in [0.29, 0.717) is 24.3 Å².